The van der Waals surface area contributed by atoms with Gasteiger partial charge in [-0.2, -0.15) is 0 Å². The summed E-state index contributed by atoms with van der Waals surface area (Å²) < 4.78 is 0. The standard InChI is InChI=1S/C16H16Cl2N2O/c1-20(10-12-7-8-14(17)15(18)9-12)11-16(21)19-13-5-3-2-4-6-13/h2-9H,10-11H2,1H3,(H,19,21). The first-order valence-corrected chi connectivity index (χ1v) is 7.27. The molecule has 1 N–H and O–H groups in total. The lowest BCUT2D eigenvalue weighted by molar-refractivity contribution is -0.117. The fourth-order valence-corrected chi connectivity index (χ4v) is 2.29. The highest BCUT2D eigenvalue weighted by atomic mass is 35.5. The van der Waals surface area contributed by atoms with Crippen LogP contribution in [-0.4, -0.2) is 24.4 Å². The van der Waals surface area contributed by atoms with Crippen LogP contribution in [0.25, 0.3) is 0 Å². The molecule has 0 saturated carbocycles. The zero-order chi connectivity index (χ0) is 15.2. The summed E-state index contributed by atoms with van der Waals surface area (Å²) >= 11 is 11.9. The van der Waals surface area contributed by atoms with E-state index in [4.69, 9.17) is 23.2 Å². The normalized spacial score (nSPS) is 10.7. The Morgan fingerprint density at radius 3 is 2.48 bits per heavy atom. The Bertz CT molecular complexity index is 617. The first kappa shape index (κ1) is 15.8. The van der Waals surface area contributed by atoms with Crippen LogP contribution in [-0.2, 0) is 11.3 Å². The van der Waals surface area contributed by atoms with Crippen molar-refractivity contribution in [1.29, 1.82) is 0 Å². The lowest BCUT2D eigenvalue weighted by Gasteiger charge is -2.16. The number of nitrogens with zero attached hydrogens (tertiary/aromatic N) is 1. The maximum absolute atomic E-state index is 11.9. The number of carbonyl (C=O) groups is 1. The smallest absolute Gasteiger partial charge is 0.238 e. The Morgan fingerprint density at radius 2 is 1.81 bits per heavy atom. The number of carbonyl (C=O) groups excluding carboxylic acids is 1. The second-order valence-electron chi connectivity index (χ2n) is 4.83. The third-order valence-corrected chi connectivity index (χ3v) is 3.65. The summed E-state index contributed by atoms with van der Waals surface area (Å²) in [6.07, 6.45) is 0. The monoisotopic (exact) mass is 322 g/mol. The molecular formula is C16H16Cl2N2O. The van der Waals surface area contributed by atoms with E-state index in [2.05, 4.69) is 5.32 Å². The summed E-state index contributed by atoms with van der Waals surface area (Å²) in [6.45, 7) is 0.925. The molecule has 0 aliphatic heterocycles. The Morgan fingerprint density at radius 1 is 1.10 bits per heavy atom. The van der Waals surface area contributed by atoms with E-state index in [1.165, 1.54) is 0 Å². The number of amides is 1. The molecule has 0 spiro atoms. The van der Waals surface area contributed by atoms with E-state index in [0.717, 1.165) is 11.3 Å². The van der Waals surface area contributed by atoms with Crippen molar-refractivity contribution in [1.82, 2.24) is 4.90 Å². The molecule has 1 amide bonds. The number of hydrogen-bond donors (Lipinski definition) is 1. The van der Waals surface area contributed by atoms with Gasteiger partial charge in [-0.15, -0.1) is 0 Å². The van der Waals surface area contributed by atoms with Gasteiger partial charge in [0.05, 0.1) is 16.6 Å². The molecule has 21 heavy (non-hydrogen) atoms. The zero-order valence-electron chi connectivity index (χ0n) is 11.6. The highest BCUT2D eigenvalue weighted by molar-refractivity contribution is 6.42. The molecule has 0 saturated heterocycles. The summed E-state index contributed by atoms with van der Waals surface area (Å²) in [6, 6.07) is 14.9. The summed E-state index contributed by atoms with van der Waals surface area (Å²) in [5.74, 6) is -0.0521. The van der Waals surface area contributed by atoms with Crippen molar-refractivity contribution in [3.05, 3.63) is 64.1 Å². The summed E-state index contributed by atoms with van der Waals surface area (Å²) in [4.78, 5) is 13.8. The number of anilines is 1. The molecule has 2 aromatic rings. The lowest BCUT2D eigenvalue weighted by atomic mass is 10.2. The van der Waals surface area contributed by atoms with Crippen molar-refractivity contribution in [2.24, 2.45) is 0 Å². The van der Waals surface area contributed by atoms with Gasteiger partial charge in [0.2, 0.25) is 5.91 Å². The minimum absolute atomic E-state index is 0.0521. The Kier molecular flexibility index (Phi) is 5.62. The van der Waals surface area contributed by atoms with Gasteiger partial charge in [-0.3, -0.25) is 9.69 Å². The van der Waals surface area contributed by atoms with Crippen molar-refractivity contribution in [2.45, 2.75) is 6.54 Å². The largest absolute Gasteiger partial charge is 0.325 e. The van der Waals surface area contributed by atoms with E-state index in [1.54, 1.807) is 6.07 Å². The van der Waals surface area contributed by atoms with E-state index in [9.17, 15) is 4.79 Å². The number of hydrogen-bond acceptors (Lipinski definition) is 2. The van der Waals surface area contributed by atoms with Gasteiger partial charge in [-0.25, -0.2) is 0 Å². The minimum Gasteiger partial charge on any atom is -0.325 e. The van der Waals surface area contributed by atoms with Crippen LogP contribution in [0.2, 0.25) is 10.0 Å². The van der Waals surface area contributed by atoms with Crippen LogP contribution in [0, 0.1) is 0 Å². The fourth-order valence-electron chi connectivity index (χ4n) is 1.97. The molecule has 0 aromatic heterocycles. The van der Waals surface area contributed by atoms with Crippen LogP contribution >= 0.6 is 23.2 Å². The van der Waals surface area contributed by atoms with Crippen molar-refractivity contribution in [3.8, 4) is 0 Å². The average molecular weight is 323 g/mol. The van der Waals surface area contributed by atoms with E-state index in [0.29, 0.717) is 23.1 Å². The zero-order valence-corrected chi connectivity index (χ0v) is 13.2. The van der Waals surface area contributed by atoms with Crippen LogP contribution in [0.3, 0.4) is 0 Å². The Labute approximate surface area is 134 Å². The van der Waals surface area contributed by atoms with E-state index in [1.807, 2.05) is 54.4 Å². The molecular weight excluding hydrogens is 307 g/mol. The molecule has 2 aromatic carbocycles. The molecule has 0 fully saturated rings. The van der Waals surface area contributed by atoms with Crippen LogP contribution in [0.15, 0.2) is 48.5 Å². The van der Waals surface area contributed by atoms with E-state index >= 15 is 0 Å². The maximum atomic E-state index is 11.9. The lowest BCUT2D eigenvalue weighted by Crippen LogP contribution is -2.29. The van der Waals surface area contributed by atoms with Gasteiger partial charge in [0, 0.05) is 12.2 Å². The van der Waals surface area contributed by atoms with Crippen LogP contribution in [0.1, 0.15) is 5.56 Å². The van der Waals surface area contributed by atoms with Crippen LogP contribution in [0.4, 0.5) is 5.69 Å². The number of halogens is 2. The molecule has 0 atom stereocenters. The molecule has 110 valence electrons. The van der Waals surface area contributed by atoms with E-state index in [-0.39, 0.29) is 5.91 Å². The van der Waals surface area contributed by atoms with Crippen molar-refractivity contribution < 1.29 is 4.79 Å². The average Bonchev–Trinajstić information content (AvgIpc) is 2.43. The van der Waals surface area contributed by atoms with Gasteiger partial charge in [0.25, 0.3) is 0 Å². The number of nitrogens with one attached hydrogen (secondary N) is 1. The van der Waals surface area contributed by atoms with Gasteiger partial charge < -0.3 is 5.32 Å². The molecule has 2 rings (SSSR count). The SMILES string of the molecule is CN(CC(=O)Nc1ccccc1)Cc1ccc(Cl)c(Cl)c1. The summed E-state index contributed by atoms with van der Waals surface area (Å²) in [5.41, 5.74) is 1.81. The van der Waals surface area contributed by atoms with Crippen LogP contribution < -0.4 is 5.32 Å². The molecule has 0 heterocycles. The molecule has 0 unspecified atom stereocenters. The van der Waals surface area contributed by atoms with E-state index < -0.39 is 0 Å². The van der Waals surface area contributed by atoms with Gasteiger partial charge in [-0.05, 0) is 36.9 Å². The maximum Gasteiger partial charge on any atom is 0.238 e. The van der Waals surface area contributed by atoms with Crippen molar-refractivity contribution in [2.75, 3.05) is 18.9 Å². The highest BCUT2D eigenvalue weighted by Gasteiger charge is 2.08. The second kappa shape index (κ2) is 7.46. The third-order valence-electron chi connectivity index (χ3n) is 2.91. The van der Waals surface area contributed by atoms with Gasteiger partial charge in [0.1, 0.15) is 0 Å². The molecule has 3 nitrogen and oxygen atoms in total. The molecule has 0 bridgehead atoms. The van der Waals surface area contributed by atoms with Gasteiger partial charge in [-0.1, -0.05) is 47.5 Å². The second-order valence-corrected chi connectivity index (χ2v) is 5.65. The van der Waals surface area contributed by atoms with Crippen molar-refractivity contribution >= 4 is 34.8 Å². The number of para-hydroxylation sites is 1. The van der Waals surface area contributed by atoms with Gasteiger partial charge in [0.15, 0.2) is 0 Å². The quantitative estimate of drug-likeness (QED) is 0.900. The predicted molar refractivity (Wildman–Crippen MR) is 87.9 cm³/mol. The minimum atomic E-state index is -0.0521. The summed E-state index contributed by atoms with van der Waals surface area (Å²) in [5, 5.41) is 3.91. The third kappa shape index (κ3) is 5.05. The van der Waals surface area contributed by atoms with Gasteiger partial charge >= 0.3 is 0 Å². The fraction of sp³-hybridized carbons (Fsp3) is 0.188. The molecule has 0 aliphatic rings. The first-order chi connectivity index (χ1) is 10.0. The van der Waals surface area contributed by atoms with Crippen molar-refractivity contribution in [3.63, 3.8) is 0 Å². The Hall–Kier alpha value is -1.55. The number of likely N-dealkylation sites (N-methyl/N-ethyl adjacent to an activating group) is 1. The number of benzene rings is 2. The highest BCUT2D eigenvalue weighted by Crippen LogP contribution is 2.23. The first-order valence-electron chi connectivity index (χ1n) is 6.52. The molecule has 0 aliphatic carbocycles. The predicted octanol–water partition coefficient (Wildman–Crippen LogP) is 4.06. The molecule has 0 radical (unpaired) electrons. The summed E-state index contributed by atoms with van der Waals surface area (Å²) in [7, 11) is 1.88. The molecule has 5 heteroatoms. The Balaban J connectivity index is 1.87. The topological polar surface area (TPSA) is 32.3 Å². The van der Waals surface area contributed by atoms with Crippen LogP contribution in [0.5, 0.6) is 0 Å². The number of rotatable bonds is 5.